The predicted molar refractivity (Wildman–Crippen MR) is 76.0 cm³/mol. The molecule has 1 aromatic heterocycles. The Morgan fingerprint density at radius 2 is 2.30 bits per heavy atom. The van der Waals surface area contributed by atoms with Crippen LogP contribution < -0.4 is 16.0 Å². The van der Waals surface area contributed by atoms with Gasteiger partial charge in [0.2, 0.25) is 0 Å². The van der Waals surface area contributed by atoms with Gasteiger partial charge < -0.3 is 4.74 Å². The lowest BCUT2D eigenvalue weighted by atomic mass is 10.0. The molecule has 2 aromatic rings. The fraction of sp³-hybridized carbons (Fsp3) is 0.385. The average Bonchev–Trinajstić information content (AvgIpc) is 2.94. The van der Waals surface area contributed by atoms with Crippen molar-refractivity contribution in [2.45, 2.75) is 25.8 Å². The number of nitrogens with zero attached hydrogens (tertiary/aromatic N) is 2. The molecule has 0 aliphatic carbocycles. The number of nitrogens with one attached hydrogen (secondary N) is 1. The second kappa shape index (κ2) is 6.74. The Balaban J connectivity index is 2.27. The van der Waals surface area contributed by atoms with Crippen molar-refractivity contribution >= 4 is 11.5 Å². The van der Waals surface area contributed by atoms with Gasteiger partial charge in [-0.15, -0.1) is 5.10 Å². The molecule has 1 heterocycles. The van der Waals surface area contributed by atoms with Crippen molar-refractivity contribution in [3.8, 4) is 5.75 Å². The topological polar surface area (TPSA) is 73.1 Å². The van der Waals surface area contributed by atoms with E-state index in [-0.39, 0.29) is 17.6 Å². The molecule has 0 fully saturated rings. The first-order valence-corrected chi connectivity index (χ1v) is 7.07. The summed E-state index contributed by atoms with van der Waals surface area (Å²) in [7, 11) is 1.45. The van der Waals surface area contributed by atoms with Gasteiger partial charge >= 0.3 is 0 Å². The lowest BCUT2D eigenvalue weighted by Gasteiger charge is -2.16. The van der Waals surface area contributed by atoms with E-state index >= 15 is 0 Å². The highest BCUT2D eigenvalue weighted by Gasteiger charge is 2.20. The van der Waals surface area contributed by atoms with Crippen molar-refractivity contribution in [2.75, 3.05) is 7.11 Å². The van der Waals surface area contributed by atoms with Gasteiger partial charge in [-0.1, -0.05) is 23.5 Å². The minimum absolute atomic E-state index is 0.216. The number of nitrogens with two attached hydrogens (primary N) is 1. The molecule has 0 bridgehead atoms. The van der Waals surface area contributed by atoms with Crippen LogP contribution in [0.1, 0.15) is 29.1 Å². The van der Waals surface area contributed by atoms with Gasteiger partial charge in [-0.3, -0.25) is 11.3 Å². The van der Waals surface area contributed by atoms with Gasteiger partial charge in [0.15, 0.2) is 11.6 Å². The molecule has 1 unspecified atom stereocenters. The van der Waals surface area contributed by atoms with E-state index in [1.807, 2.05) is 6.92 Å². The van der Waals surface area contributed by atoms with Crippen LogP contribution in [-0.4, -0.2) is 16.7 Å². The van der Waals surface area contributed by atoms with E-state index in [0.717, 1.165) is 17.0 Å². The van der Waals surface area contributed by atoms with Crippen molar-refractivity contribution in [3.63, 3.8) is 0 Å². The third-order valence-corrected chi connectivity index (χ3v) is 4.01. The second-order valence-electron chi connectivity index (χ2n) is 4.29. The van der Waals surface area contributed by atoms with Crippen LogP contribution in [0.15, 0.2) is 18.2 Å². The first-order valence-electron chi connectivity index (χ1n) is 6.29. The number of aromatic nitrogens is 2. The Morgan fingerprint density at radius 1 is 1.50 bits per heavy atom. The molecular weight excluding hydrogens is 279 g/mol. The van der Waals surface area contributed by atoms with Gasteiger partial charge in [-0.25, -0.2) is 4.39 Å². The van der Waals surface area contributed by atoms with Crippen molar-refractivity contribution in [2.24, 2.45) is 5.84 Å². The number of ether oxygens (including phenoxy) is 1. The number of aryl methyl sites for hydroxylation is 1. The number of halogens is 1. The zero-order valence-electron chi connectivity index (χ0n) is 11.4. The molecule has 3 N–H and O–H groups in total. The molecule has 1 aromatic carbocycles. The second-order valence-corrected chi connectivity index (χ2v) is 5.08. The molecule has 7 heteroatoms. The summed E-state index contributed by atoms with van der Waals surface area (Å²) >= 11 is 1.28. The highest BCUT2D eigenvalue weighted by Crippen LogP contribution is 2.27. The number of rotatable bonds is 6. The summed E-state index contributed by atoms with van der Waals surface area (Å²) in [5.74, 6) is 5.48. The van der Waals surface area contributed by atoms with Crippen LogP contribution in [0.4, 0.5) is 4.39 Å². The van der Waals surface area contributed by atoms with E-state index in [1.54, 1.807) is 18.2 Å². The van der Waals surface area contributed by atoms with Crippen LogP contribution in [-0.2, 0) is 12.8 Å². The smallest absolute Gasteiger partial charge is 0.168 e. The maximum Gasteiger partial charge on any atom is 0.168 e. The molecule has 0 aliphatic heterocycles. The molecular formula is C13H17FN4OS. The van der Waals surface area contributed by atoms with Crippen molar-refractivity contribution in [1.29, 1.82) is 0 Å². The molecule has 1 atom stereocenters. The van der Waals surface area contributed by atoms with E-state index in [1.165, 1.54) is 18.6 Å². The molecule has 0 aliphatic rings. The summed E-state index contributed by atoms with van der Waals surface area (Å²) in [5.41, 5.74) is 4.15. The average molecular weight is 296 g/mol. The predicted octanol–water partition coefficient (Wildman–Crippen LogP) is 2.00. The largest absolute Gasteiger partial charge is 0.494 e. The number of benzene rings is 1. The quantitative estimate of drug-likeness (QED) is 0.630. The highest BCUT2D eigenvalue weighted by molar-refractivity contribution is 7.05. The maximum absolute atomic E-state index is 14.2. The van der Waals surface area contributed by atoms with Crippen LogP contribution in [0.2, 0.25) is 0 Å². The van der Waals surface area contributed by atoms with Gasteiger partial charge in [0.1, 0.15) is 0 Å². The van der Waals surface area contributed by atoms with E-state index in [4.69, 9.17) is 10.6 Å². The first kappa shape index (κ1) is 14.8. The van der Waals surface area contributed by atoms with E-state index in [2.05, 4.69) is 15.0 Å². The number of hydrogen-bond acceptors (Lipinski definition) is 6. The summed E-state index contributed by atoms with van der Waals surface area (Å²) in [6, 6.07) is 4.86. The number of methoxy groups -OCH3 is 1. The SMILES string of the molecule is CCc1nnsc1C(Cc1cccc(OC)c1F)NN. The monoisotopic (exact) mass is 296 g/mol. The van der Waals surface area contributed by atoms with Crippen LogP contribution in [0.5, 0.6) is 5.75 Å². The van der Waals surface area contributed by atoms with Crippen LogP contribution >= 0.6 is 11.5 Å². The lowest BCUT2D eigenvalue weighted by molar-refractivity contribution is 0.382. The summed E-state index contributed by atoms with van der Waals surface area (Å²) in [6.07, 6.45) is 1.18. The molecule has 0 amide bonds. The van der Waals surface area contributed by atoms with Crippen molar-refractivity contribution < 1.29 is 9.13 Å². The Morgan fingerprint density at radius 3 is 2.95 bits per heavy atom. The minimum atomic E-state index is -0.356. The van der Waals surface area contributed by atoms with Gasteiger partial charge in [-0.2, -0.15) is 0 Å². The van der Waals surface area contributed by atoms with Crippen LogP contribution in [0, 0.1) is 5.82 Å². The summed E-state index contributed by atoms with van der Waals surface area (Å²) in [4.78, 5) is 0.942. The maximum atomic E-state index is 14.2. The Bertz CT molecular complexity index is 575. The fourth-order valence-electron chi connectivity index (χ4n) is 2.04. The molecule has 108 valence electrons. The molecule has 0 saturated heterocycles. The number of hydrogen-bond donors (Lipinski definition) is 2. The van der Waals surface area contributed by atoms with Gasteiger partial charge in [0.05, 0.1) is 23.7 Å². The highest BCUT2D eigenvalue weighted by atomic mass is 32.1. The van der Waals surface area contributed by atoms with Gasteiger partial charge in [0.25, 0.3) is 0 Å². The lowest BCUT2D eigenvalue weighted by Crippen LogP contribution is -2.30. The van der Waals surface area contributed by atoms with E-state index in [0.29, 0.717) is 12.0 Å². The molecule has 0 spiro atoms. The van der Waals surface area contributed by atoms with Gasteiger partial charge in [0, 0.05) is 0 Å². The fourth-order valence-corrected chi connectivity index (χ4v) is 2.84. The van der Waals surface area contributed by atoms with Gasteiger partial charge in [-0.05, 0) is 36.0 Å². The summed E-state index contributed by atoms with van der Waals surface area (Å²) < 4.78 is 23.1. The normalized spacial score (nSPS) is 12.4. The Labute approximate surface area is 121 Å². The van der Waals surface area contributed by atoms with Crippen LogP contribution in [0.25, 0.3) is 0 Å². The van der Waals surface area contributed by atoms with E-state index < -0.39 is 0 Å². The van der Waals surface area contributed by atoms with Crippen LogP contribution in [0.3, 0.4) is 0 Å². The molecule has 0 saturated carbocycles. The Kier molecular flexibility index (Phi) is 4.99. The van der Waals surface area contributed by atoms with Crippen molar-refractivity contribution in [1.82, 2.24) is 15.0 Å². The number of hydrazine groups is 1. The van der Waals surface area contributed by atoms with Crippen molar-refractivity contribution in [3.05, 3.63) is 40.2 Å². The standard InChI is InChI=1S/C13H17FN4OS/c1-3-9-13(20-18-17-9)10(16-15)7-8-5-4-6-11(19-2)12(8)14/h4-6,10,16H,3,7,15H2,1-2H3. The minimum Gasteiger partial charge on any atom is -0.494 e. The third kappa shape index (κ3) is 2.95. The molecule has 2 rings (SSSR count). The molecule has 5 nitrogen and oxygen atoms in total. The third-order valence-electron chi connectivity index (χ3n) is 3.12. The summed E-state index contributed by atoms with van der Waals surface area (Å²) in [6.45, 7) is 2.00. The van der Waals surface area contributed by atoms with E-state index in [9.17, 15) is 4.39 Å². The zero-order valence-corrected chi connectivity index (χ0v) is 12.2. The first-order chi connectivity index (χ1) is 9.71. The molecule has 20 heavy (non-hydrogen) atoms. The Hall–Kier alpha value is -1.57. The zero-order chi connectivity index (χ0) is 14.5. The molecule has 0 radical (unpaired) electrons. The summed E-state index contributed by atoms with van der Waals surface area (Å²) in [5, 5.41) is 4.06.